The minimum absolute atomic E-state index is 0.175. The van der Waals surface area contributed by atoms with Gasteiger partial charge in [-0.1, -0.05) is 60.7 Å². The van der Waals surface area contributed by atoms with Gasteiger partial charge in [0, 0.05) is 11.1 Å². The van der Waals surface area contributed by atoms with Crippen molar-refractivity contribution in [3.05, 3.63) is 66.2 Å². The van der Waals surface area contributed by atoms with E-state index in [1.807, 2.05) is 60.7 Å². The summed E-state index contributed by atoms with van der Waals surface area (Å²) in [6.45, 7) is 3.21. The second-order valence-corrected chi connectivity index (χ2v) is 6.94. The molecule has 2 N–H and O–H groups in total. The summed E-state index contributed by atoms with van der Waals surface area (Å²) >= 11 is 0. The van der Waals surface area contributed by atoms with Crippen LogP contribution in [0.3, 0.4) is 0 Å². The maximum Gasteiger partial charge on any atom is 0.281 e. The molecular weight excluding hydrogens is 366 g/mol. The van der Waals surface area contributed by atoms with Gasteiger partial charge < -0.3 is 14.1 Å². The lowest BCUT2D eigenvalue weighted by molar-refractivity contribution is -0.899. The molecule has 2 heterocycles. The second kappa shape index (κ2) is 8.74. The van der Waals surface area contributed by atoms with Crippen molar-refractivity contribution in [2.24, 2.45) is 0 Å². The van der Waals surface area contributed by atoms with Crippen molar-refractivity contribution in [3.8, 4) is 28.5 Å². The third kappa shape index (κ3) is 4.21. The Morgan fingerprint density at radius 1 is 1.00 bits per heavy atom. The van der Waals surface area contributed by atoms with Crippen molar-refractivity contribution in [2.75, 3.05) is 38.2 Å². The van der Waals surface area contributed by atoms with E-state index in [2.05, 4.69) is 11.4 Å². The zero-order valence-electron chi connectivity index (χ0n) is 16.0. The first-order chi connectivity index (χ1) is 14.3. The number of nitrogens with one attached hydrogen (secondary N) is 2. The number of quaternary nitrogens is 1. The van der Waals surface area contributed by atoms with E-state index in [-0.39, 0.29) is 11.8 Å². The number of ether oxygens (including phenoxy) is 1. The number of carbonyl (C=O) groups is 1. The molecule has 0 saturated carbocycles. The molecule has 4 rings (SSSR count). The third-order valence-electron chi connectivity index (χ3n) is 4.98. The summed E-state index contributed by atoms with van der Waals surface area (Å²) < 4.78 is 11.4. The maximum absolute atomic E-state index is 12.6. The van der Waals surface area contributed by atoms with E-state index in [1.165, 1.54) is 0 Å². The fourth-order valence-corrected chi connectivity index (χ4v) is 3.53. The minimum Gasteiger partial charge on any atom is -0.438 e. The number of carbonyl (C=O) groups excluding carboxylic acids is 1. The third-order valence-corrected chi connectivity index (χ3v) is 4.98. The molecule has 146 valence electrons. The molecule has 0 atom stereocenters. The van der Waals surface area contributed by atoms with Crippen molar-refractivity contribution in [1.82, 2.24) is 0 Å². The lowest BCUT2D eigenvalue weighted by Crippen LogP contribution is -3.15. The standard InChI is InChI=1S/C23H21N3O3/c24-15-19-21(17-7-3-1-4-8-17)22(18-9-5-2-6-10-18)29-23(19)25-20(27)16-26-11-13-28-14-12-26/h1-10H,11-14,16H2,(H,25,27)/p+1. The molecule has 1 fully saturated rings. The van der Waals surface area contributed by atoms with Crippen LogP contribution in [-0.2, 0) is 9.53 Å². The van der Waals surface area contributed by atoms with Gasteiger partial charge in [-0.2, -0.15) is 5.26 Å². The molecule has 1 saturated heterocycles. The number of nitrogens with zero attached hydrogens (tertiary/aromatic N) is 1. The Kier molecular flexibility index (Phi) is 5.71. The zero-order chi connectivity index (χ0) is 20.1. The van der Waals surface area contributed by atoms with Gasteiger partial charge in [-0.15, -0.1) is 0 Å². The molecule has 0 bridgehead atoms. The van der Waals surface area contributed by atoms with Gasteiger partial charge in [0.2, 0.25) is 5.88 Å². The van der Waals surface area contributed by atoms with Gasteiger partial charge in [0.25, 0.3) is 5.91 Å². The van der Waals surface area contributed by atoms with Gasteiger partial charge in [-0.3, -0.25) is 10.1 Å². The molecule has 2 aromatic carbocycles. The van der Waals surface area contributed by atoms with Gasteiger partial charge >= 0.3 is 0 Å². The summed E-state index contributed by atoms with van der Waals surface area (Å²) in [4.78, 5) is 13.8. The molecule has 6 heteroatoms. The molecule has 29 heavy (non-hydrogen) atoms. The average molecular weight is 388 g/mol. The molecule has 0 aliphatic carbocycles. The molecule has 6 nitrogen and oxygen atoms in total. The lowest BCUT2D eigenvalue weighted by Gasteiger charge is -2.22. The molecule has 1 aromatic heterocycles. The van der Waals surface area contributed by atoms with Crippen LogP contribution in [0.1, 0.15) is 5.56 Å². The Morgan fingerprint density at radius 3 is 2.24 bits per heavy atom. The first-order valence-corrected chi connectivity index (χ1v) is 9.65. The van der Waals surface area contributed by atoms with Crippen molar-refractivity contribution in [1.29, 1.82) is 5.26 Å². The van der Waals surface area contributed by atoms with Crippen LogP contribution in [0.2, 0.25) is 0 Å². The minimum atomic E-state index is -0.175. The van der Waals surface area contributed by atoms with Gasteiger partial charge in [0.1, 0.15) is 30.5 Å². The number of furan rings is 1. The molecule has 1 aliphatic heterocycles. The molecule has 0 spiro atoms. The second-order valence-electron chi connectivity index (χ2n) is 6.94. The fraction of sp³-hybridized carbons (Fsp3) is 0.217. The summed E-state index contributed by atoms with van der Waals surface area (Å²) in [5.41, 5.74) is 2.74. The van der Waals surface area contributed by atoms with Crippen LogP contribution in [0.5, 0.6) is 0 Å². The number of hydrogen-bond donors (Lipinski definition) is 2. The van der Waals surface area contributed by atoms with E-state index >= 15 is 0 Å². The average Bonchev–Trinajstić information content (AvgIpc) is 3.13. The van der Waals surface area contributed by atoms with Gasteiger partial charge in [-0.25, -0.2) is 0 Å². The Bertz CT molecular complexity index is 1020. The zero-order valence-corrected chi connectivity index (χ0v) is 16.0. The summed E-state index contributed by atoms with van der Waals surface area (Å²) in [5.74, 6) is 0.594. The monoisotopic (exact) mass is 388 g/mol. The number of nitriles is 1. The molecule has 1 amide bonds. The number of benzene rings is 2. The molecular formula is C23H22N3O3+. The topological polar surface area (TPSA) is 79.7 Å². The van der Waals surface area contributed by atoms with Crippen LogP contribution in [0.15, 0.2) is 65.1 Å². The maximum atomic E-state index is 12.6. The van der Waals surface area contributed by atoms with Gasteiger partial charge in [-0.05, 0) is 5.56 Å². The van der Waals surface area contributed by atoms with E-state index < -0.39 is 0 Å². The molecule has 0 radical (unpaired) electrons. The molecule has 1 aliphatic rings. The quantitative estimate of drug-likeness (QED) is 0.703. The van der Waals surface area contributed by atoms with Crippen LogP contribution < -0.4 is 10.2 Å². The first-order valence-electron chi connectivity index (χ1n) is 9.65. The summed E-state index contributed by atoms with van der Waals surface area (Å²) in [6, 6.07) is 21.5. The highest BCUT2D eigenvalue weighted by Crippen LogP contribution is 2.41. The van der Waals surface area contributed by atoms with Crippen LogP contribution in [0.4, 0.5) is 5.88 Å². The summed E-state index contributed by atoms with van der Waals surface area (Å²) in [6.07, 6.45) is 0. The largest absolute Gasteiger partial charge is 0.438 e. The smallest absolute Gasteiger partial charge is 0.281 e. The van der Waals surface area contributed by atoms with Crippen molar-refractivity contribution >= 4 is 11.8 Å². The van der Waals surface area contributed by atoms with Crippen molar-refractivity contribution in [2.45, 2.75) is 0 Å². The number of anilines is 1. The van der Waals surface area contributed by atoms with Crippen LogP contribution in [-0.4, -0.2) is 38.8 Å². The van der Waals surface area contributed by atoms with Crippen LogP contribution in [0, 0.1) is 11.3 Å². The highest BCUT2D eigenvalue weighted by molar-refractivity contribution is 5.96. The molecule has 0 unspecified atom stereocenters. The first kappa shape index (κ1) is 18.9. The number of amides is 1. The van der Waals surface area contributed by atoms with Crippen LogP contribution in [0.25, 0.3) is 22.5 Å². The Morgan fingerprint density at radius 2 is 1.62 bits per heavy atom. The highest BCUT2D eigenvalue weighted by Gasteiger charge is 2.25. The normalized spacial score (nSPS) is 14.3. The SMILES string of the molecule is N#Cc1c(NC(=O)C[NH+]2CCOCC2)oc(-c2ccccc2)c1-c1ccccc1. The van der Waals surface area contributed by atoms with Crippen LogP contribution >= 0.6 is 0 Å². The van der Waals surface area contributed by atoms with E-state index in [0.29, 0.717) is 36.6 Å². The number of hydrogen-bond acceptors (Lipinski definition) is 4. The number of morpholine rings is 1. The van der Waals surface area contributed by atoms with E-state index in [4.69, 9.17) is 9.15 Å². The van der Waals surface area contributed by atoms with Crippen molar-refractivity contribution in [3.63, 3.8) is 0 Å². The Hall–Kier alpha value is -3.40. The van der Waals surface area contributed by atoms with E-state index in [9.17, 15) is 10.1 Å². The van der Waals surface area contributed by atoms with Gasteiger partial charge in [0.15, 0.2) is 6.54 Å². The van der Waals surface area contributed by atoms with E-state index in [0.717, 1.165) is 29.1 Å². The lowest BCUT2D eigenvalue weighted by atomic mass is 9.98. The Balaban J connectivity index is 1.70. The van der Waals surface area contributed by atoms with E-state index in [1.54, 1.807) is 0 Å². The van der Waals surface area contributed by atoms with Crippen molar-refractivity contribution < 1.29 is 18.8 Å². The Labute approximate surface area is 169 Å². The number of rotatable bonds is 5. The highest BCUT2D eigenvalue weighted by atomic mass is 16.5. The predicted molar refractivity (Wildman–Crippen MR) is 109 cm³/mol. The summed E-state index contributed by atoms with van der Waals surface area (Å²) in [5, 5.41) is 12.7. The van der Waals surface area contributed by atoms with Gasteiger partial charge in [0.05, 0.1) is 13.2 Å². The summed E-state index contributed by atoms with van der Waals surface area (Å²) in [7, 11) is 0. The fourth-order valence-electron chi connectivity index (χ4n) is 3.53. The predicted octanol–water partition coefficient (Wildman–Crippen LogP) is 2.34. The molecule has 3 aromatic rings.